The van der Waals surface area contributed by atoms with Gasteiger partial charge in [-0.25, -0.2) is 9.78 Å². The zero-order chi connectivity index (χ0) is 23.0. The molecule has 0 saturated carbocycles. The van der Waals surface area contributed by atoms with Gasteiger partial charge in [0.05, 0.1) is 5.69 Å². The topological polar surface area (TPSA) is 121 Å². The van der Waals surface area contributed by atoms with Crippen molar-refractivity contribution in [2.24, 2.45) is 5.92 Å². The van der Waals surface area contributed by atoms with E-state index < -0.39 is 12.1 Å². The number of carbonyl (C=O) groups excluding carboxylic acids is 1. The van der Waals surface area contributed by atoms with Crippen molar-refractivity contribution < 1.29 is 33.0 Å². The molecule has 0 radical (unpaired) electrons. The number of ketones is 1. The minimum Gasteiger partial charge on any atom is -0.475 e. The van der Waals surface area contributed by atoms with Crippen LogP contribution in [0.3, 0.4) is 0 Å². The number of aliphatic hydroxyl groups is 1. The van der Waals surface area contributed by atoms with E-state index in [9.17, 15) is 18.0 Å². The van der Waals surface area contributed by atoms with Crippen molar-refractivity contribution in [2.75, 3.05) is 24.6 Å². The van der Waals surface area contributed by atoms with Gasteiger partial charge in [0.25, 0.3) is 0 Å². The van der Waals surface area contributed by atoms with E-state index in [1.807, 2.05) is 23.0 Å². The number of aliphatic hydroxyl groups excluding tert-OH is 1. The molecule has 2 N–H and O–H groups in total. The highest BCUT2D eigenvalue weighted by molar-refractivity contribution is 5.93. The van der Waals surface area contributed by atoms with Gasteiger partial charge >= 0.3 is 12.1 Å². The lowest BCUT2D eigenvalue weighted by Gasteiger charge is -2.33. The number of alkyl halides is 3. The van der Waals surface area contributed by atoms with Gasteiger partial charge in [-0.2, -0.15) is 13.2 Å². The molecule has 3 heterocycles. The van der Waals surface area contributed by atoms with E-state index >= 15 is 0 Å². The number of piperidine rings is 1. The Balaban J connectivity index is 0.000000423. The highest BCUT2D eigenvalue weighted by Crippen LogP contribution is 2.23. The zero-order valence-corrected chi connectivity index (χ0v) is 16.9. The molecule has 9 nitrogen and oxygen atoms in total. The Morgan fingerprint density at radius 2 is 2.00 bits per heavy atom. The molecule has 0 spiro atoms. The Morgan fingerprint density at radius 1 is 1.29 bits per heavy atom. The van der Waals surface area contributed by atoms with Crippen molar-refractivity contribution in [3.05, 3.63) is 35.8 Å². The number of hydrogen-bond acceptors (Lipinski definition) is 7. The molecule has 3 rings (SSSR count). The van der Waals surface area contributed by atoms with Crippen LogP contribution in [0.2, 0.25) is 0 Å². The van der Waals surface area contributed by atoms with Crippen molar-refractivity contribution in [3.63, 3.8) is 0 Å². The molecule has 170 valence electrons. The average molecular weight is 443 g/mol. The highest BCUT2D eigenvalue weighted by atomic mass is 19.4. The second kappa shape index (κ2) is 10.8. The Morgan fingerprint density at radius 3 is 2.55 bits per heavy atom. The minimum absolute atomic E-state index is 0.0374. The number of rotatable bonds is 6. The van der Waals surface area contributed by atoms with Gasteiger partial charge in [0.2, 0.25) is 0 Å². The predicted molar refractivity (Wildman–Crippen MR) is 104 cm³/mol. The summed E-state index contributed by atoms with van der Waals surface area (Å²) in [6.45, 7) is 4.37. The number of anilines is 1. The summed E-state index contributed by atoms with van der Waals surface area (Å²) < 4.78 is 33.6. The molecule has 1 fully saturated rings. The Labute approximate surface area is 176 Å². The molecule has 1 unspecified atom stereocenters. The van der Waals surface area contributed by atoms with E-state index in [2.05, 4.69) is 20.2 Å². The van der Waals surface area contributed by atoms with Gasteiger partial charge in [-0.05, 0) is 37.8 Å². The van der Waals surface area contributed by atoms with Crippen LogP contribution in [0.4, 0.5) is 19.0 Å². The summed E-state index contributed by atoms with van der Waals surface area (Å²) in [7, 11) is 0. The van der Waals surface area contributed by atoms with Crippen LogP contribution in [0.1, 0.15) is 35.8 Å². The first kappa shape index (κ1) is 24.3. The summed E-state index contributed by atoms with van der Waals surface area (Å²) in [6.07, 6.45) is 1.29. The fraction of sp³-hybridized carbons (Fsp3) is 0.526. The van der Waals surface area contributed by atoms with E-state index in [-0.39, 0.29) is 12.4 Å². The van der Waals surface area contributed by atoms with Gasteiger partial charge in [-0.1, -0.05) is 5.21 Å². The third kappa shape index (κ3) is 7.63. The largest absolute Gasteiger partial charge is 0.490 e. The van der Waals surface area contributed by atoms with E-state index in [1.165, 1.54) is 0 Å². The normalized spacial score (nSPS) is 16.4. The summed E-state index contributed by atoms with van der Waals surface area (Å²) in [6, 6.07) is 3.76. The molecule has 1 saturated heterocycles. The Hall–Kier alpha value is -3.02. The first-order valence-corrected chi connectivity index (χ1v) is 9.62. The lowest BCUT2D eigenvalue weighted by atomic mass is 9.98. The molecule has 2 aromatic rings. The quantitative estimate of drug-likeness (QED) is 0.650. The van der Waals surface area contributed by atoms with Gasteiger partial charge in [0.15, 0.2) is 5.78 Å². The van der Waals surface area contributed by atoms with Gasteiger partial charge in [0.1, 0.15) is 5.82 Å². The molecule has 2 aromatic heterocycles. The fourth-order valence-corrected chi connectivity index (χ4v) is 3.12. The number of aliphatic carboxylic acids is 1. The maximum Gasteiger partial charge on any atom is 0.490 e. The lowest BCUT2D eigenvalue weighted by molar-refractivity contribution is -0.192. The van der Waals surface area contributed by atoms with Gasteiger partial charge < -0.3 is 15.1 Å². The summed E-state index contributed by atoms with van der Waals surface area (Å²) >= 11 is 0. The smallest absolute Gasteiger partial charge is 0.475 e. The molecule has 12 heteroatoms. The number of halogens is 3. The van der Waals surface area contributed by atoms with E-state index in [4.69, 9.17) is 15.0 Å². The van der Waals surface area contributed by atoms with Crippen LogP contribution in [0.5, 0.6) is 0 Å². The number of carbonyl (C=O) groups is 2. The van der Waals surface area contributed by atoms with Crippen LogP contribution < -0.4 is 4.90 Å². The molecule has 31 heavy (non-hydrogen) atoms. The van der Waals surface area contributed by atoms with Crippen LogP contribution in [0, 0.1) is 5.92 Å². The van der Waals surface area contributed by atoms with Crippen LogP contribution in [-0.2, 0) is 17.8 Å². The molecule has 0 bridgehead atoms. The number of pyridine rings is 1. The first-order chi connectivity index (χ1) is 14.6. The maximum atomic E-state index is 11.4. The SMILES string of the molecule is CC(=O)c1ccc(N2CCCC(Cn3cc(CCO)nn3)C2)nc1.O=C(O)C(F)(F)F. The molecule has 0 aromatic carbocycles. The zero-order valence-electron chi connectivity index (χ0n) is 16.9. The Bertz CT molecular complexity index is 870. The second-order valence-corrected chi connectivity index (χ2v) is 7.12. The number of carboxylic acid groups (broad SMARTS) is 1. The van der Waals surface area contributed by atoms with Crippen molar-refractivity contribution in [2.45, 2.75) is 38.9 Å². The van der Waals surface area contributed by atoms with Crippen molar-refractivity contribution in [1.82, 2.24) is 20.0 Å². The number of nitrogens with zero attached hydrogens (tertiary/aromatic N) is 5. The minimum atomic E-state index is -5.08. The van der Waals surface area contributed by atoms with Gasteiger partial charge in [-0.15, -0.1) is 5.10 Å². The van der Waals surface area contributed by atoms with Crippen LogP contribution in [0.15, 0.2) is 24.5 Å². The van der Waals surface area contributed by atoms with E-state index in [1.54, 1.807) is 13.1 Å². The lowest BCUT2D eigenvalue weighted by Crippen LogP contribution is -2.37. The molecule has 0 amide bonds. The first-order valence-electron chi connectivity index (χ1n) is 9.62. The van der Waals surface area contributed by atoms with Gasteiger partial charge in [-0.3, -0.25) is 9.48 Å². The van der Waals surface area contributed by atoms with Gasteiger partial charge in [0, 0.05) is 50.6 Å². The highest BCUT2D eigenvalue weighted by Gasteiger charge is 2.38. The molecular weight excluding hydrogens is 419 g/mol. The summed E-state index contributed by atoms with van der Waals surface area (Å²) in [5.74, 6) is -1.32. The number of Topliss-reactive ketones (excluding diaryl/α,β-unsaturated/α-hetero) is 1. The molecule has 1 aliphatic heterocycles. The molecule has 1 aliphatic rings. The number of carboxylic acids is 1. The molecule has 1 atom stereocenters. The summed E-state index contributed by atoms with van der Waals surface area (Å²) in [4.78, 5) is 27.0. The average Bonchev–Trinajstić information content (AvgIpc) is 3.15. The van der Waals surface area contributed by atoms with E-state index in [0.29, 0.717) is 17.9 Å². The molecular formula is C19H24F3N5O4. The number of hydrogen-bond donors (Lipinski definition) is 2. The number of aromatic nitrogens is 4. The molecule has 0 aliphatic carbocycles. The standard InChI is InChI=1S/C17H23N5O2.C2HF3O2/c1-13(24)15-4-5-17(18-9-15)21-7-2-3-14(10-21)11-22-12-16(6-8-23)19-20-22;3-2(4,5)1(6)7/h4-5,9,12,14,23H,2-3,6-8,10-11H2,1H3;(H,6,7). The summed E-state index contributed by atoms with van der Waals surface area (Å²) in [5.41, 5.74) is 1.47. The third-order valence-electron chi connectivity index (χ3n) is 4.64. The van der Waals surface area contributed by atoms with Crippen LogP contribution in [0.25, 0.3) is 0 Å². The fourth-order valence-electron chi connectivity index (χ4n) is 3.12. The van der Waals surface area contributed by atoms with Crippen molar-refractivity contribution >= 4 is 17.6 Å². The van der Waals surface area contributed by atoms with E-state index in [0.717, 1.165) is 44.0 Å². The monoisotopic (exact) mass is 443 g/mol. The van der Waals surface area contributed by atoms with Crippen molar-refractivity contribution in [3.8, 4) is 0 Å². The third-order valence-corrected chi connectivity index (χ3v) is 4.64. The van der Waals surface area contributed by atoms with Crippen LogP contribution in [-0.4, -0.2) is 67.8 Å². The van der Waals surface area contributed by atoms with Crippen molar-refractivity contribution in [1.29, 1.82) is 0 Å². The predicted octanol–water partition coefficient (Wildman–Crippen LogP) is 1.96. The maximum absolute atomic E-state index is 11.4. The second-order valence-electron chi connectivity index (χ2n) is 7.12. The summed E-state index contributed by atoms with van der Waals surface area (Å²) in [5, 5.41) is 24.3. The van der Waals surface area contributed by atoms with Crippen LogP contribution >= 0.6 is 0 Å². The Kier molecular flexibility index (Phi) is 8.48.